The molecule has 2 aromatic rings. The fourth-order valence-corrected chi connectivity index (χ4v) is 1.63. The van der Waals surface area contributed by atoms with Crippen molar-refractivity contribution in [3.8, 4) is 0 Å². The van der Waals surface area contributed by atoms with Crippen LogP contribution in [0.2, 0.25) is 0 Å². The molecule has 0 saturated carbocycles. The largest absolute Gasteiger partial charge is 0.348 e. The average molecular weight is 255 g/mol. The number of benzene rings is 2. The molecule has 2 nitrogen and oxygen atoms in total. The third kappa shape index (κ3) is 4.07. The fourth-order valence-electron chi connectivity index (χ4n) is 1.63. The van der Waals surface area contributed by atoms with Crippen molar-refractivity contribution in [3.05, 3.63) is 77.9 Å². The fraction of sp³-hybridized carbons (Fsp3) is 0.0625. The van der Waals surface area contributed by atoms with Crippen LogP contribution in [0.4, 0.5) is 4.39 Å². The van der Waals surface area contributed by atoms with Crippen LogP contribution in [0, 0.1) is 0 Å². The van der Waals surface area contributed by atoms with E-state index < -0.39 is 11.7 Å². The highest BCUT2D eigenvalue weighted by Gasteiger charge is 2.03. The maximum atomic E-state index is 13.7. The molecule has 2 aromatic carbocycles. The molecule has 0 aliphatic carbocycles. The summed E-state index contributed by atoms with van der Waals surface area (Å²) in [5.41, 5.74) is 1.38. The third-order valence-corrected chi connectivity index (χ3v) is 2.62. The molecule has 0 spiro atoms. The summed E-state index contributed by atoms with van der Waals surface area (Å²) >= 11 is 0. The molecule has 2 rings (SSSR count). The Bertz CT molecular complexity index is 564. The van der Waals surface area contributed by atoms with E-state index >= 15 is 0 Å². The van der Waals surface area contributed by atoms with Crippen LogP contribution in [0.1, 0.15) is 11.1 Å². The molecule has 3 heteroatoms. The van der Waals surface area contributed by atoms with Gasteiger partial charge in [-0.15, -0.1) is 0 Å². The maximum Gasteiger partial charge on any atom is 0.247 e. The monoisotopic (exact) mass is 255 g/mol. The van der Waals surface area contributed by atoms with Crippen LogP contribution in [0.25, 0.3) is 5.83 Å². The van der Waals surface area contributed by atoms with Gasteiger partial charge in [-0.1, -0.05) is 60.7 Å². The molecule has 0 unspecified atom stereocenters. The Kier molecular flexibility index (Phi) is 4.45. The number of carbonyl (C=O) groups excluding carboxylic acids is 1. The Balaban J connectivity index is 1.94. The molecule has 1 amide bonds. The first kappa shape index (κ1) is 13.0. The molecule has 0 atom stereocenters. The van der Waals surface area contributed by atoms with Crippen LogP contribution in [-0.2, 0) is 11.3 Å². The first-order valence-corrected chi connectivity index (χ1v) is 6.00. The second-order valence-corrected chi connectivity index (χ2v) is 4.06. The number of hydrogen-bond acceptors (Lipinski definition) is 1. The lowest BCUT2D eigenvalue weighted by Gasteiger charge is -2.02. The summed E-state index contributed by atoms with van der Waals surface area (Å²) in [5, 5.41) is 2.64. The van der Waals surface area contributed by atoms with E-state index in [9.17, 15) is 9.18 Å². The molecular formula is C16H14FNO. The van der Waals surface area contributed by atoms with Crippen molar-refractivity contribution >= 4 is 11.7 Å². The molecule has 0 aliphatic heterocycles. The van der Waals surface area contributed by atoms with Gasteiger partial charge in [0.15, 0.2) is 0 Å². The van der Waals surface area contributed by atoms with Crippen LogP contribution < -0.4 is 5.32 Å². The molecule has 1 N–H and O–H groups in total. The summed E-state index contributed by atoms with van der Waals surface area (Å²) < 4.78 is 13.7. The van der Waals surface area contributed by atoms with E-state index in [1.807, 2.05) is 30.3 Å². The van der Waals surface area contributed by atoms with E-state index in [-0.39, 0.29) is 0 Å². The first-order chi connectivity index (χ1) is 9.25. The lowest BCUT2D eigenvalue weighted by atomic mass is 10.2. The summed E-state index contributed by atoms with van der Waals surface area (Å²) in [5.74, 6) is -0.976. The number of amides is 1. The molecule has 96 valence electrons. The van der Waals surface area contributed by atoms with Gasteiger partial charge in [-0.3, -0.25) is 4.79 Å². The minimum Gasteiger partial charge on any atom is -0.348 e. The van der Waals surface area contributed by atoms with E-state index in [1.54, 1.807) is 30.3 Å². The standard InChI is InChI=1S/C16H14FNO/c17-15(14-9-5-2-6-10-14)11-16(19)18-12-13-7-3-1-4-8-13/h1-11H,12H2,(H,18,19)/b15-11+. The van der Waals surface area contributed by atoms with Crippen molar-refractivity contribution in [3.63, 3.8) is 0 Å². The molecule has 0 aliphatic rings. The summed E-state index contributed by atoms with van der Waals surface area (Å²) in [4.78, 5) is 11.6. The van der Waals surface area contributed by atoms with E-state index in [2.05, 4.69) is 5.32 Å². The van der Waals surface area contributed by atoms with Gasteiger partial charge in [0.05, 0.1) is 0 Å². The topological polar surface area (TPSA) is 29.1 Å². The number of rotatable bonds is 4. The lowest BCUT2D eigenvalue weighted by molar-refractivity contribution is -0.116. The van der Waals surface area contributed by atoms with E-state index in [0.29, 0.717) is 12.1 Å². The Labute approximate surface area is 111 Å². The van der Waals surface area contributed by atoms with Gasteiger partial charge in [-0.25, -0.2) is 4.39 Å². The second-order valence-electron chi connectivity index (χ2n) is 4.06. The Morgan fingerprint density at radius 1 is 1.00 bits per heavy atom. The maximum absolute atomic E-state index is 13.7. The average Bonchev–Trinajstić information content (AvgIpc) is 2.47. The van der Waals surface area contributed by atoms with Gasteiger partial charge < -0.3 is 5.32 Å². The summed E-state index contributed by atoms with van der Waals surface area (Å²) in [6.07, 6.45) is 0.971. The van der Waals surface area contributed by atoms with Crippen LogP contribution in [0.5, 0.6) is 0 Å². The van der Waals surface area contributed by atoms with E-state index in [1.165, 1.54) is 0 Å². The zero-order chi connectivity index (χ0) is 13.5. The normalized spacial score (nSPS) is 11.1. The van der Waals surface area contributed by atoms with Gasteiger partial charge in [0.2, 0.25) is 5.91 Å². The molecule has 0 saturated heterocycles. The Morgan fingerprint density at radius 3 is 2.21 bits per heavy atom. The number of hydrogen-bond donors (Lipinski definition) is 1. The predicted molar refractivity (Wildman–Crippen MR) is 73.8 cm³/mol. The van der Waals surface area contributed by atoms with Crippen molar-refractivity contribution in [1.29, 1.82) is 0 Å². The Morgan fingerprint density at radius 2 is 1.58 bits per heavy atom. The van der Waals surface area contributed by atoms with Crippen molar-refractivity contribution in [2.24, 2.45) is 0 Å². The van der Waals surface area contributed by atoms with Gasteiger partial charge in [0, 0.05) is 18.2 Å². The lowest BCUT2D eigenvalue weighted by Crippen LogP contribution is -2.20. The second kappa shape index (κ2) is 6.50. The van der Waals surface area contributed by atoms with Crippen LogP contribution in [0.3, 0.4) is 0 Å². The molecule has 0 heterocycles. The van der Waals surface area contributed by atoms with E-state index in [4.69, 9.17) is 0 Å². The molecule has 19 heavy (non-hydrogen) atoms. The van der Waals surface area contributed by atoms with Crippen molar-refractivity contribution in [2.75, 3.05) is 0 Å². The smallest absolute Gasteiger partial charge is 0.247 e. The van der Waals surface area contributed by atoms with Crippen molar-refractivity contribution in [2.45, 2.75) is 6.54 Å². The minimum atomic E-state index is -0.536. The predicted octanol–water partition coefficient (Wildman–Crippen LogP) is 3.31. The first-order valence-electron chi connectivity index (χ1n) is 6.00. The highest BCUT2D eigenvalue weighted by molar-refractivity contribution is 5.93. The highest BCUT2D eigenvalue weighted by atomic mass is 19.1. The van der Waals surface area contributed by atoms with Crippen molar-refractivity contribution in [1.82, 2.24) is 5.32 Å². The van der Waals surface area contributed by atoms with Gasteiger partial charge in [-0.2, -0.15) is 0 Å². The van der Waals surface area contributed by atoms with Gasteiger partial charge in [0.25, 0.3) is 0 Å². The zero-order valence-corrected chi connectivity index (χ0v) is 10.3. The molecule has 0 aromatic heterocycles. The zero-order valence-electron chi connectivity index (χ0n) is 10.3. The minimum absolute atomic E-state index is 0.387. The van der Waals surface area contributed by atoms with E-state index in [0.717, 1.165) is 11.6 Å². The van der Waals surface area contributed by atoms with Gasteiger partial charge in [0.1, 0.15) is 5.83 Å². The highest BCUT2D eigenvalue weighted by Crippen LogP contribution is 2.14. The molecular weight excluding hydrogens is 241 g/mol. The Hall–Kier alpha value is -2.42. The summed E-state index contributed by atoms with van der Waals surface area (Å²) in [6, 6.07) is 18.0. The van der Waals surface area contributed by atoms with Crippen LogP contribution in [0.15, 0.2) is 66.7 Å². The number of carbonyl (C=O) groups is 1. The quantitative estimate of drug-likeness (QED) is 0.834. The van der Waals surface area contributed by atoms with Crippen molar-refractivity contribution < 1.29 is 9.18 Å². The number of halogens is 1. The molecule has 0 radical (unpaired) electrons. The summed E-state index contributed by atoms with van der Waals surface area (Å²) in [7, 11) is 0. The number of nitrogens with one attached hydrogen (secondary N) is 1. The SMILES string of the molecule is O=C(/C=C(/F)c1ccccc1)NCc1ccccc1. The molecule has 0 fully saturated rings. The molecule has 0 bridgehead atoms. The third-order valence-electron chi connectivity index (χ3n) is 2.62. The van der Waals surface area contributed by atoms with Crippen LogP contribution in [-0.4, -0.2) is 5.91 Å². The summed E-state index contributed by atoms with van der Waals surface area (Å²) in [6.45, 7) is 0.387. The van der Waals surface area contributed by atoms with Crippen LogP contribution >= 0.6 is 0 Å². The van der Waals surface area contributed by atoms with Gasteiger partial charge >= 0.3 is 0 Å². The van der Waals surface area contributed by atoms with Gasteiger partial charge in [-0.05, 0) is 5.56 Å².